The Morgan fingerprint density at radius 3 is 2.58 bits per heavy atom. The van der Waals surface area contributed by atoms with Gasteiger partial charge in [0.25, 0.3) is 0 Å². The Morgan fingerprint density at radius 1 is 1.11 bits per heavy atom. The first-order chi connectivity index (χ1) is 9.33. The lowest BCUT2D eigenvalue weighted by atomic mass is 10.0. The third-order valence-electron chi connectivity index (χ3n) is 3.50. The van der Waals surface area contributed by atoms with Gasteiger partial charge >= 0.3 is 0 Å². The molecule has 94 valence electrons. The molecule has 0 unspecified atom stereocenters. The zero-order valence-electron chi connectivity index (χ0n) is 10.8. The van der Waals surface area contributed by atoms with Gasteiger partial charge < -0.3 is 4.40 Å². The molecule has 0 aliphatic rings. The Balaban J connectivity index is 2.20. The van der Waals surface area contributed by atoms with Crippen molar-refractivity contribution in [1.82, 2.24) is 4.40 Å². The van der Waals surface area contributed by atoms with Gasteiger partial charge in [0.05, 0.1) is 5.69 Å². The van der Waals surface area contributed by atoms with Crippen molar-refractivity contribution < 1.29 is 4.79 Å². The molecule has 3 aromatic rings. The van der Waals surface area contributed by atoms with Crippen LogP contribution in [-0.2, 0) is 6.42 Å². The molecule has 2 heterocycles. The van der Waals surface area contributed by atoms with Crippen LogP contribution in [0.25, 0.3) is 16.6 Å². The second kappa shape index (κ2) is 4.73. The molecule has 2 aromatic heterocycles. The highest BCUT2D eigenvalue weighted by Crippen LogP contribution is 2.27. The minimum atomic E-state index is 0.708. The van der Waals surface area contributed by atoms with Crippen LogP contribution in [0.15, 0.2) is 54.7 Å². The third-order valence-corrected chi connectivity index (χ3v) is 3.50. The molecule has 2 heteroatoms. The van der Waals surface area contributed by atoms with Gasteiger partial charge in [-0.05, 0) is 35.7 Å². The Labute approximate surface area is 112 Å². The number of carbonyl (C=O) groups excluding carboxylic acids is 1. The number of fused-ring (bicyclic) bond motifs is 1. The number of aldehydes is 1. The minimum Gasteiger partial charge on any atom is -0.314 e. The molecular formula is C17H15NO. The number of aryl methyl sites for hydroxylation is 1. The van der Waals surface area contributed by atoms with Crippen molar-refractivity contribution in [2.75, 3.05) is 0 Å². The van der Waals surface area contributed by atoms with Gasteiger partial charge in [0.15, 0.2) is 6.29 Å². The fourth-order valence-electron chi connectivity index (χ4n) is 2.42. The van der Waals surface area contributed by atoms with E-state index in [1.807, 2.05) is 28.8 Å². The van der Waals surface area contributed by atoms with Crippen LogP contribution in [0.4, 0.5) is 0 Å². The van der Waals surface area contributed by atoms with E-state index in [1.54, 1.807) is 0 Å². The van der Waals surface area contributed by atoms with Crippen LogP contribution in [0.5, 0.6) is 0 Å². The van der Waals surface area contributed by atoms with E-state index in [-0.39, 0.29) is 0 Å². The van der Waals surface area contributed by atoms with Crippen LogP contribution in [0.3, 0.4) is 0 Å². The van der Waals surface area contributed by atoms with E-state index < -0.39 is 0 Å². The monoisotopic (exact) mass is 249 g/mol. The summed E-state index contributed by atoms with van der Waals surface area (Å²) in [6.07, 6.45) is 3.87. The van der Waals surface area contributed by atoms with Gasteiger partial charge in [-0.1, -0.05) is 37.3 Å². The lowest BCUT2D eigenvalue weighted by molar-refractivity contribution is 0.111. The molecule has 19 heavy (non-hydrogen) atoms. The van der Waals surface area contributed by atoms with Crippen molar-refractivity contribution >= 4 is 11.8 Å². The molecule has 0 radical (unpaired) electrons. The Kier molecular flexibility index (Phi) is 2.92. The Morgan fingerprint density at radius 2 is 1.89 bits per heavy atom. The van der Waals surface area contributed by atoms with Gasteiger partial charge in [0.2, 0.25) is 0 Å². The highest BCUT2D eigenvalue weighted by Gasteiger charge is 2.10. The maximum absolute atomic E-state index is 11.4. The SMILES string of the molecule is CCc1ccc(-c2cc3ccccn3c2C=O)cc1. The smallest absolute Gasteiger partial charge is 0.167 e. The number of aromatic nitrogens is 1. The summed E-state index contributed by atoms with van der Waals surface area (Å²) < 4.78 is 1.93. The summed E-state index contributed by atoms with van der Waals surface area (Å²) in [5, 5.41) is 0. The van der Waals surface area contributed by atoms with Crippen molar-refractivity contribution in [2.45, 2.75) is 13.3 Å². The first-order valence-electron chi connectivity index (χ1n) is 6.48. The normalized spacial score (nSPS) is 10.8. The number of carbonyl (C=O) groups is 1. The third kappa shape index (κ3) is 1.95. The summed E-state index contributed by atoms with van der Waals surface area (Å²) in [7, 11) is 0. The molecule has 0 atom stereocenters. The van der Waals surface area contributed by atoms with Crippen molar-refractivity contribution in [3.05, 3.63) is 66.0 Å². The Bertz CT molecular complexity index is 723. The number of nitrogens with zero attached hydrogens (tertiary/aromatic N) is 1. The second-order valence-electron chi connectivity index (χ2n) is 4.61. The van der Waals surface area contributed by atoms with Crippen LogP contribution in [0.2, 0.25) is 0 Å². The first-order valence-corrected chi connectivity index (χ1v) is 6.48. The van der Waals surface area contributed by atoms with Crippen LogP contribution >= 0.6 is 0 Å². The fourth-order valence-corrected chi connectivity index (χ4v) is 2.42. The summed E-state index contributed by atoms with van der Waals surface area (Å²) in [4.78, 5) is 11.4. The number of rotatable bonds is 3. The van der Waals surface area contributed by atoms with Crippen LogP contribution in [0.1, 0.15) is 23.0 Å². The lowest BCUT2D eigenvalue weighted by Gasteiger charge is -2.02. The molecule has 0 saturated heterocycles. The molecular weight excluding hydrogens is 234 g/mol. The van der Waals surface area contributed by atoms with Crippen molar-refractivity contribution in [3.8, 4) is 11.1 Å². The molecule has 0 spiro atoms. The molecule has 1 aromatic carbocycles. The minimum absolute atomic E-state index is 0.708. The zero-order valence-corrected chi connectivity index (χ0v) is 10.8. The quantitative estimate of drug-likeness (QED) is 0.643. The topological polar surface area (TPSA) is 21.5 Å². The molecule has 0 N–H and O–H groups in total. The predicted molar refractivity (Wildman–Crippen MR) is 77.6 cm³/mol. The highest BCUT2D eigenvalue weighted by atomic mass is 16.1. The van der Waals surface area contributed by atoms with Crippen LogP contribution in [-0.4, -0.2) is 10.7 Å². The van der Waals surface area contributed by atoms with E-state index in [4.69, 9.17) is 0 Å². The van der Waals surface area contributed by atoms with E-state index >= 15 is 0 Å². The van der Waals surface area contributed by atoms with E-state index in [0.717, 1.165) is 29.4 Å². The molecule has 0 amide bonds. The maximum atomic E-state index is 11.4. The second-order valence-corrected chi connectivity index (χ2v) is 4.61. The number of hydrogen-bond donors (Lipinski definition) is 0. The summed E-state index contributed by atoms with van der Waals surface area (Å²) in [5.74, 6) is 0. The zero-order chi connectivity index (χ0) is 13.2. The summed E-state index contributed by atoms with van der Waals surface area (Å²) in [5.41, 5.74) is 5.13. The van der Waals surface area contributed by atoms with E-state index in [0.29, 0.717) is 5.69 Å². The Hall–Kier alpha value is -2.35. The van der Waals surface area contributed by atoms with Crippen LogP contribution in [0, 0.1) is 0 Å². The number of hydrogen-bond acceptors (Lipinski definition) is 1. The number of pyridine rings is 1. The van der Waals surface area contributed by atoms with Crippen molar-refractivity contribution in [3.63, 3.8) is 0 Å². The fraction of sp³-hybridized carbons (Fsp3) is 0.118. The van der Waals surface area contributed by atoms with E-state index in [2.05, 4.69) is 37.3 Å². The summed E-state index contributed by atoms with van der Waals surface area (Å²) in [6.45, 7) is 2.14. The highest BCUT2D eigenvalue weighted by molar-refractivity contribution is 5.89. The largest absolute Gasteiger partial charge is 0.314 e. The standard InChI is InChI=1S/C17H15NO/c1-2-13-6-8-14(9-7-13)16-11-15-5-3-4-10-18(15)17(16)12-19/h3-12H,2H2,1H3. The predicted octanol–water partition coefficient (Wildman–Crippen LogP) is 3.98. The molecule has 0 aliphatic carbocycles. The molecule has 0 fully saturated rings. The molecule has 0 bridgehead atoms. The van der Waals surface area contributed by atoms with Gasteiger partial charge in [0, 0.05) is 17.3 Å². The van der Waals surface area contributed by atoms with Crippen LogP contribution < -0.4 is 0 Å². The van der Waals surface area contributed by atoms with Crippen molar-refractivity contribution in [1.29, 1.82) is 0 Å². The molecule has 3 rings (SSSR count). The summed E-state index contributed by atoms with van der Waals surface area (Å²) in [6, 6.07) is 16.4. The van der Waals surface area contributed by atoms with E-state index in [9.17, 15) is 4.79 Å². The van der Waals surface area contributed by atoms with Gasteiger partial charge in [0.1, 0.15) is 0 Å². The van der Waals surface area contributed by atoms with Gasteiger partial charge in [-0.25, -0.2) is 0 Å². The first kappa shape index (κ1) is 11.7. The average molecular weight is 249 g/mol. The van der Waals surface area contributed by atoms with Gasteiger partial charge in [-0.3, -0.25) is 4.79 Å². The summed E-state index contributed by atoms with van der Waals surface area (Å²) >= 11 is 0. The van der Waals surface area contributed by atoms with Gasteiger partial charge in [-0.15, -0.1) is 0 Å². The van der Waals surface area contributed by atoms with Crippen molar-refractivity contribution in [2.24, 2.45) is 0 Å². The molecule has 0 aliphatic heterocycles. The number of benzene rings is 1. The molecule has 2 nitrogen and oxygen atoms in total. The maximum Gasteiger partial charge on any atom is 0.167 e. The van der Waals surface area contributed by atoms with E-state index in [1.165, 1.54) is 5.56 Å². The lowest BCUT2D eigenvalue weighted by Crippen LogP contribution is -1.91. The van der Waals surface area contributed by atoms with Gasteiger partial charge in [-0.2, -0.15) is 0 Å². The average Bonchev–Trinajstić information content (AvgIpc) is 2.85. The molecule has 0 saturated carbocycles.